The van der Waals surface area contributed by atoms with Crippen molar-refractivity contribution in [3.8, 4) is 0 Å². The zero-order valence-electron chi connectivity index (χ0n) is 34.6. The Morgan fingerprint density at radius 3 is 0.792 bits per heavy atom. The summed E-state index contributed by atoms with van der Waals surface area (Å²) in [6, 6.07) is 0.0815. The van der Waals surface area contributed by atoms with Gasteiger partial charge in [0.25, 0.3) is 0 Å². The smallest absolute Gasteiger partial charge is 0.462 e. The standard InChI is InChI=1S/C27H72O11Si10/c1-26(2)27(28)29-24-25-48(36-45(21,30-39(3,4)5)31-40(6,7)8,37-46(22,32-41(9,10)11)33-42(12,13)14)38-47(23,34-43(15,16)17)35-44(18,19)20/h1,24-25H2,2-23H3. The zero-order chi connectivity index (χ0) is 38.6. The molecule has 0 fully saturated rings. The molecule has 0 aromatic carbocycles. The number of carbonyl (C=O) groups excluding carboxylic acids is 1. The molecule has 0 aromatic rings. The van der Waals surface area contributed by atoms with Crippen molar-refractivity contribution >= 4 is 91.1 Å². The van der Waals surface area contributed by atoms with E-state index >= 15 is 0 Å². The van der Waals surface area contributed by atoms with Gasteiger partial charge in [0.1, 0.15) is 0 Å². The Morgan fingerprint density at radius 1 is 0.417 bits per heavy atom. The number of rotatable bonds is 22. The molecule has 0 bridgehead atoms. The Balaban J connectivity index is 7.99. The molecule has 0 spiro atoms. The highest BCUT2D eigenvalue weighted by Gasteiger charge is 2.63. The predicted octanol–water partition coefficient (Wildman–Crippen LogP) is 8.91. The Morgan fingerprint density at radius 2 is 0.625 bits per heavy atom. The summed E-state index contributed by atoms with van der Waals surface area (Å²) in [6.07, 6.45) is 0. The van der Waals surface area contributed by atoms with E-state index in [2.05, 4.69) is 124 Å². The molecule has 0 aliphatic carbocycles. The van der Waals surface area contributed by atoms with Crippen LogP contribution < -0.4 is 0 Å². The summed E-state index contributed by atoms with van der Waals surface area (Å²) in [5.41, 5.74) is 0.292. The molecular formula is C27H72O11Si10. The maximum Gasteiger partial charge on any atom is 0.482 e. The lowest BCUT2D eigenvalue weighted by Crippen LogP contribution is -2.71. The van der Waals surface area contributed by atoms with Gasteiger partial charge in [0.05, 0.1) is 12.7 Å². The van der Waals surface area contributed by atoms with Gasteiger partial charge in [0.15, 0.2) is 49.9 Å². The van der Waals surface area contributed by atoms with E-state index < -0.39 is 91.1 Å². The first kappa shape index (κ1) is 49.0. The molecule has 0 amide bonds. The highest BCUT2D eigenvalue weighted by Crippen LogP contribution is 2.37. The topological polar surface area (TPSA) is 109 Å². The van der Waals surface area contributed by atoms with Crippen LogP contribution >= 0.6 is 0 Å². The number of hydrogen-bond donors (Lipinski definition) is 0. The second-order valence-corrected chi connectivity index (χ2v) is 58.3. The lowest BCUT2D eigenvalue weighted by Gasteiger charge is -2.49. The first-order valence-corrected chi connectivity index (χ1v) is 45.9. The van der Waals surface area contributed by atoms with Gasteiger partial charge in [0, 0.05) is 25.2 Å². The van der Waals surface area contributed by atoms with Crippen molar-refractivity contribution in [3.05, 3.63) is 12.2 Å². The SMILES string of the molecule is C=C(C)C(=O)OCC[Si](O[Si](C)(O[Si](C)(C)C)O[Si](C)(C)C)(O[Si](C)(O[Si](C)(C)C)O[Si](C)(C)C)O[Si](C)(O[Si](C)(C)C)O[Si](C)(C)C. The van der Waals surface area contributed by atoms with Crippen LogP contribution in [0.15, 0.2) is 12.2 Å². The third-order valence-electron chi connectivity index (χ3n) is 4.96. The summed E-state index contributed by atoms with van der Waals surface area (Å²) < 4.78 is 69.0. The van der Waals surface area contributed by atoms with Crippen LogP contribution in [0.5, 0.6) is 0 Å². The van der Waals surface area contributed by atoms with E-state index in [1.807, 2.05) is 19.6 Å². The van der Waals surface area contributed by atoms with E-state index in [1.165, 1.54) is 0 Å². The summed E-state index contributed by atoms with van der Waals surface area (Å²) in [6.45, 7) is 49.1. The van der Waals surface area contributed by atoms with Gasteiger partial charge in [-0.05, 0) is 125 Å². The van der Waals surface area contributed by atoms with Gasteiger partial charge >= 0.3 is 41.2 Å². The van der Waals surface area contributed by atoms with Gasteiger partial charge in [-0.2, -0.15) is 0 Å². The monoisotopic (exact) mass is 852 g/mol. The van der Waals surface area contributed by atoms with Crippen molar-refractivity contribution < 1.29 is 46.6 Å². The van der Waals surface area contributed by atoms with E-state index in [1.54, 1.807) is 6.92 Å². The van der Waals surface area contributed by atoms with Gasteiger partial charge in [-0.3, -0.25) is 0 Å². The predicted molar refractivity (Wildman–Crippen MR) is 221 cm³/mol. The molecule has 21 heteroatoms. The van der Waals surface area contributed by atoms with Crippen molar-refractivity contribution in [3.63, 3.8) is 0 Å². The van der Waals surface area contributed by atoms with E-state index in [9.17, 15) is 4.79 Å². The third-order valence-corrected chi connectivity index (χ3v) is 37.6. The summed E-state index contributed by atoms with van der Waals surface area (Å²) >= 11 is 0. The molecule has 0 atom stereocenters. The molecule has 0 rings (SSSR count). The molecule has 0 aliphatic rings. The van der Waals surface area contributed by atoms with Crippen LogP contribution in [-0.4, -0.2) is 97.7 Å². The second-order valence-electron chi connectivity index (χ2n) is 18.5. The van der Waals surface area contributed by atoms with E-state index in [0.29, 0.717) is 5.57 Å². The van der Waals surface area contributed by atoms with Gasteiger partial charge in [0.2, 0.25) is 0 Å². The van der Waals surface area contributed by atoms with Crippen LogP contribution in [0, 0.1) is 0 Å². The van der Waals surface area contributed by atoms with Crippen molar-refractivity contribution in [2.45, 2.75) is 150 Å². The minimum atomic E-state index is -4.14. The van der Waals surface area contributed by atoms with Gasteiger partial charge in [-0.25, -0.2) is 4.79 Å². The number of carbonyl (C=O) groups is 1. The average Bonchev–Trinajstić information content (AvgIpc) is 2.62. The number of ether oxygens (including phenoxy) is 1. The lowest BCUT2D eigenvalue weighted by atomic mass is 10.4. The molecule has 48 heavy (non-hydrogen) atoms. The molecular weight excluding hydrogens is 781 g/mol. The average molecular weight is 854 g/mol. The Kier molecular flexibility index (Phi) is 17.4. The maximum atomic E-state index is 12.7. The summed E-state index contributed by atoms with van der Waals surface area (Å²) in [5.74, 6) is -0.511. The van der Waals surface area contributed by atoms with E-state index in [0.717, 1.165) is 0 Å². The summed E-state index contributed by atoms with van der Waals surface area (Å²) in [5, 5.41) is 0. The van der Waals surface area contributed by atoms with Gasteiger partial charge < -0.3 is 41.8 Å². The lowest BCUT2D eigenvalue weighted by molar-refractivity contribution is -0.138. The van der Waals surface area contributed by atoms with Crippen molar-refractivity contribution in [2.24, 2.45) is 0 Å². The van der Waals surface area contributed by atoms with Crippen LogP contribution in [0.1, 0.15) is 6.92 Å². The Labute approximate surface area is 305 Å². The minimum Gasteiger partial charge on any atom is -0.462 e. The molecule has 0 saturated carbocycles. The quantitative estimate of drug-likeness (QED) is 0.0592. The molecule has 0 saturated heterocycles. The van der Waals surface area contributed by atoms with Crippen molar-refractivity contribution in [1.29, 1.82) is 0 Å². The molecule has 0 unspecified atom stereocenters. The normalized spacial score (nSPS) is 15.1. The fraction of sp³-hybridized carbons (Fsp3) is 0.889. The number of hydrogen-bond acceptors (Lipinski definition) is 11. The van der Waals surface area contributed by atoms with Gasteiger partial charge in [-0.1, -0.05) is 6.58 Å². The molecule has 0 aromatic heterocycles. The summed E-state index contributed by atoms with van der Waals surface area (Å²) in [4.78, 5) is 12.7. The fourth-order valence-corrected chi connectivity index (χ4v) is 46.5. The highest BCUT2D eigenvalue weighted by atomic mass is 28.6. The van der Waals surface area contributed by atoms with Crippen LogP contribution in [0.3, 0.4) is 0 Å². The van der Waals surface area contributed by atoms with E-state index in [4.69, 9.17) is 41.8 Å². The Hall–Kier alpha value is 1.02. The van der Waals surface area contributed by atoms with Crippen LogP contribution in [0.4, 0.5) is 0 Å². The Bertz CT molecular complexity index is 914. The largest absolute Gasteiger partial charge is 0.482 e. The van der Waals surface area contributed by atoms with Crippen LogP contribution in [0.25, 0.3) is 0 Å². The third kappa shape index (κ3) is 22.8. The van der Waals surface area contributed by atoms with E-state index in [-0.39, 0.29) is 12.7 Å². The molecule has 0 heterocycles. The molecule has 0 radical (unpaired) electrons. The first-order valence-electron chi connectivity index (χ1n) is 16.8. The van der Waals surface area contributed by atoms with Crippen LogP contribution in [-0.2, 0) is 46.6 Å². The summed E-state index contributed by atoms with van der Waals surface area (Å²) in [7, 11) is -28.3. The first-order chi connectivity index (χ1) is 20.7. The van der Waals surface area contributed by atoms with Crippen LogP contribution in [0.2, 0.25) is 144 Å². The fourth-order valence-electron chi connectivity index (χ4n) is 4.98. The maximum absolute atomic E-state index is 12.7. The molecule has 286 valence electrons. The minimum absolute atomic E-state index is 0.0585. The molecule has 0 N–H and O–H groups in total. The highest BCUT2D eigenvalue weighted by molar-refractivity contribution is 6.95. The zero-order valence-corrected chi connectivity index (χ0v) is 44.6. The number of esters is 1. The van der Waals surface area contributed by atoms with Crippen molar-refractivity contribution in [2.75, 3.05) is 6.61 Å². The second kappa shape index (κ2) is 17.0. The van der Waals surface area contributed by atoms with Gasteiger partial charge in [-0.15, -0.1) is 0 Å². The van der Waals surface area contributed by atoms with Crippen molar-refractivity contribution in [1.82, 2.24) is 0 Å². The molecule has 0 aliphatic heterocycles. The molecule has 11 nitrogen and oxygen atoms in total.